The van der Waals surface area contributed by atoms with Gasteiger partial charge in [-0.1, -0.05) is 18.2 Å². The average Bonchev–Trinajstić information content (AvgIpc) is 2.47. The van der Waals surface area contributed by atoms with E-state index in [9.17, 15) is 0 Å². The molecular weight excluding hydrogens is 186 g/mol. The molecule has 0 aliphatic carbocycles. The first kappa shape index (κ1) is 8.08. The van der Waals surface area contributed by atoms with Gasteiger partial charge in [0.25, 0.3) is 0 Å². The summed E-state index contributed by atoms with van der Waals surface area (Å²) in [7, 11) is 0. The van der Waals surface area contributed by atoms with Crippen LogP contribution in [0.15, 0.2) is 24.3 Å². The number of benzene rings is 1. The molecule has 1 unspecified atom stereocenters. The van der Waals surface area contributed by atoms with Gasteiger partial charge in [0.1, 0.15) is 0 Å². The highest BCUT2D eigenvalue weighted by Crippen LogP contribution is 2.29. The molecular formula is C9H9NS2. The Labute approximate surface area is 81.0 Å². The van der Waals surface area contributed by atoms with Crippen LogP contribution in [0.3, 0.4) is 0 Å². The Hall–Kier alpha value is -0.540. The summed E-state index contributed by atoms with van der Waals surface area (Å²) in [4.78, 5) is 0. The molecule has 62 valence electrons. The van der Waals surface area contributed by atoms with Gasteiger partial charge in [-0.15, -0.1) is 0 Å². The molecule has 0 saturated carbocycles. The van der Waals surface area contributed by atoms with Crippen molar-refractivity contribution in [2.75, 3.05) is 0 Å². The highest BCUT2D eigenvalue weighted by Gasteiger charge is 2.08. The number of fused-ring (bicyclic) bond motifs is 1. The Morgan fingerprint density at radius 3 is 2.92 bits per heavy atom. The summed E-state index contributed by atoms with van der Waals surface area (Å²) < 4.78 is 5.60. The molecule has 1 nitrogen and oxygen atoms in total. The van der Waals surface area contributed by atoms with Crippen LogP contribution >= 0.6 is 24.2 Å². The first-order valence-corrected chi connectivity index (χ1v) is 5.10. The fourth-order valence-corrected chi connectivity index (χ4v) is 2.35. The van der Waals surface area contributed by atoms with Crippen molar-refractivity contribution < 1.29 is 0 Å². The molecule has 0 aliphatic rings. The maximum Gasteiger partial charge on any atom is 0.0745 e. The standard InChI is InChI=1S/C9H9NS2/c1-6(11)9-7-4-2-3-5-8(7)12-10-9/h2-6,11H,1H3. The van der Waals surface area contributed by atoms with Crippen molar-refractivity contribution >= 4 is 34.2 Å². The minimum absolute atomic E-state index is 0.223. The molecule has 3 heteroatoms. The van der Waals surface area contributed by atoms with Crippen LogP contribution in [0.1, 0.15) is 17.9 Å². The predicted molar refractivity (Wildman–Crippen MR) is 57.0 cm³/mol. The van der Waals surface area contributed by atoms with Crippen molar-refractivity contribution in [3.05, 3.63) is 30.0 Å². The Morgan fingerprint density at radius 1 is 1.42 bits per heavy atom. The number of rotatable bonds is 1. The van der Waals surface area contributed by atoms with E-state index in [0.29, 0.717) is 0 Å². The molecule has 0 bridgehead atoms. The Bertz CT molecular complexity index is 392. The topological polar surface area (TPSA) is 12.9 Å². The number of aromatic nitrogens is 1. The van der Waals surface area contributed by atoms with Crippen molar-refractivity contribution in [2.45, 2.75) is 12.2 Å². The van der Waals surface area contributed by atoms with Crippen molar-refractivity contribution in [2.24, 2.45) is 0 Å². The van der Waals surface area contributed by atoms with Crippen molar-refractivity contribution in [1.29, 1.82) is 0 Å². The molecule has 0 spiro atoms. The zero-order chi connectivity index (χ0) is 8.55. The van der Waals surface area contributed by atoms with Gasteiger partial charge in [-0.3, -0.25) is 0 Å². The highest BCUT2D eigenvalue weighted by molar-refractivity contribution is 7.80. The third-order valence-electron chi connectivity index (χ3n) is 1.80. The summed E-state index contributed by atoms with van der Waals surface area (Å²) in [6.07, 6.45) is 0. The van der Waals surface area contributed by atoms with Crippen LogP contribution in [-0.2, 0) is 0 Å². The van der Waals surface area contributed by atoms with Gasteiger partial charge in [0, 0.05) is 10.6 Å². The molecule has 1 aromatic heterocycles. The van der Waals surface area contributed by atoms with E-state index in [2.05, 4.69) is 29.1 Å². The second-order valence-corrected chi connectivity index (χ2v) is 4.32. The third-order valence-corrected chi connectivity index (χ3v) is 2.89. The molecule has 1 aromatic carbocycles. The van der Waals surface area contributed by atoms with E-state index >= 15 is 0 Å². The quantitative estimate of drug-likeness (QED) is 0.689. The molecule has 0 amide bonds. The van der Waals surface area contributed by atoms with Gasteiger partial charge in [0.05, 0.1) is 10.4 Å². The van der Waals surface area contributed by atoms with Crippen LogP contribution < -0.4 is 0 Å². The lowest BCUT2D eigenvalue weighted by atomic mass is 10.2. The summed E-state index contributed by atoms with van der Waals surface area (Å²) in [5.74, 6) is 0. The lowest BCUT2D eigenvalue weighted by molar-refractivity contribution is 1.08. The third kappa shape index (κ3) is 1.23. The molecule has 0 radical (unpaired) electrons. The van der Waals surface area contributed by atoms with E-state index in [-0.39, 0.29) is 5.25 Å². The lowest BCUT2D eigenvalue weighted by Crippen LogP contribution is -1.82. The van der Waals surface area contributed by atoms with Crippen molar-refractivity contribution in [1.82, 2.24) is 4.37 Å². The summed E-state index contributed by atoms with van der Waals surface area (Å²) in [5, 5.41) is 1.46. The van der Waals surface area contributed by atoms with Gasteiger partial charge in [-0.2, -0.15) is 17.0 Å². The number of hydrogen-bond donors (Lipinski definition) is 1. The average molecular weight is 195 g/mol. The van der Waals surface area contributed by atoms with Gasteiger partial charge >= 0.3 is 0 Å². The Morgan fingerprint density at radius 2 is 2.17 bits per heavy atom. The molecule has 0 fully saturated rings. The van der Waals surface area contributed by atoms with Gasteiger partial charge in [-0.05, 0) is 24.5 Å². The minimum Gasteiger partial charge on any atom is -0.195 e. The molecule has 0 N–H and O–H groups in total. The monoisotopic (exact) mass is 195 g/mol. The van der Waals surface area contributed by atoms with Crippen LogP contribution in [0.5, 0.6) is 0 Å². The van der Waals surface area contributed by atoms with Gasteiger partial charge < -0.3 is 0 Å². The molecule has 1 atom stereocenters. The van der Waals surface area contributed by atoms with E-state index in [4.69, 9.17) is 0 Å². The summed E-state index contributed by atoms with van der Waals surface area (Å²) >= 11 is 5.92. The Balaban J connectivity index is 2.70. The molecule has 0 aliphatic heterocycles. The van der Waals surface area contributed by atoms with Gasteiger partial charge in [0.2, 0.25) is 0 Å². The molecule has 2 aromatic rings. The fourth-order valence-electron chi connectivity index (χ4n) is 1.21. The van der Waals surface area contributed by atoms with E-state index < -0.39 is 0 Å². The molecule has 1 heterocycles. The van der Waals surface area contributed by atoms with Crippen LogP contribution in [0.25, 0.3) is 10.1 Å². The van der Waals surface area contributed by atoms with E-state index in [0.717, 1.165) is 5.69 Å². The summed E-state index contributed by atoms with van der Waals surface area (Å²) in [6, 6.07) is 8.26. The maximum atomic E-state index is 4.37. The van der Waals surface area contributed by atoms with Crippen LogP contribution in [0, 0.1) is 0 Å². The first-order valence-electron chi connectivity index (χ1n) is 3.81. The van der Waals surface area contributed by atoms with Gasteiger partial charge in [-0.25, -0.2) is 0 Å². The first-order chi connectivity index (χ1) is 5.79. The number of nitrogens with zero attached hydrogens (tertiary/aromatic N) is 1. The SMILES string of the molecule is CC(S)c1nsc2ccccc12. The number of hydrogen-bond acceptors (Lipinski definition) is 3. The van der Waals surface area contributed by atoms with E-state index in [1.807, 2.05) is 19.1 Å². The Kier molecular flexibility index (Phi) is 2.07. The van der Waals surface area contributed by atoms with E-state index in [1.165, 1.54) is 10.1 Å². The smallest absolute Gasteiger partial charge is 0.0745 e. The van der Waals surface area contributed by atoms with Crippen molar-refractivity contribution in [3.8, 4) is 0 Å². The second kappa shape index (κ2) is 3.07. The zero-order valence-corrected chi connectivity index (χ0v) is 8.40. The fraction of sp³-hybridized carbons (Fsp3) is 0.222. The predicted octanol–water partition coefficient (Wildman–Crippen LogP) is 3.29. The van der Waals surface area contributed by atoms with Crippen LogP contribution in [0.4, 0.5) is 0 Å². The maximum absolute atomic E-state index is 4.37. The molecule has 12 heavy (non-hydrogen) atoms. The van der Waals surface area contributed by atoms with Crippen LogP contribution in [0.2, 0.25) is 0 Å². The second-order valence-electron chi connectivity index (χ2n) is 2.74. The lowest BCUT2D eigenvalue weighted by Gasteiger charge is -1.98. The van der Waals surface area contributed by atoms with Crippen molar-refractivity contribution in [3.63, 3.8) is 0 Å². The summed E-state index contributed by atoms with van der Waals surface area (Å²) in [5.41, 5.74) is 1.10. The molecule has 0 saturated heterocycles. The minimum atomic E-state index is 0.223. The van der Waals surface area contributed by atoms with Gasteiger partial charge in [0.15, 0.2) is 0 Å². The van der Waals surface area contributed by atoms with E-state index in [1.54, 1.807) is 11.5 Å². The molecule has 2 rings (SSSR count). The highest BCUT2D eigenvalue weighted by atomic mass is 32.1. The normalized spacial score (nSPS) is 13.5. The summed E-state index contributed by atoms with van der Waals surface area (Å²) in [6.45, 7) is 2.05. The zero-order valence-electron chi connectivity index (χ0n) is 6.69. The van der Waals surface area contributed by atoms with Crippen LogP contribution in [-0.4, -0.2) is 4.37 Å². The number of thiol groups is 1. The largest absolute Gasteiger partial charge is 0.195 e.